The van der Waals surface area contributed by atoms with Crippen LogP contribution in [0.4, 0.5) is 0 Å². The van der Waals surface area contributed by atoms with Crippen LogP contribution in [0.15, 0.2) is 0 Å². The summed E-state index contributed by atoms with van der Waals surface area (Å²) in [5.74, 6) is 0.181. The van der Waals surface area contributed by atoms with Gasteiger partial charge in [0.2, 0.25) is 5.91 Å². The molecule has 16 heavy (non-hydrogen) atoms. The van der Waals surface area contributed by atoms with Crippen LogP contribution in [0.3, 0.4) is 0 Å². The molecule has 0 radical (unpaired) electrons. The van der Waals surface area contributed by atoms with Crippen LogP contribution in [0.2, 0.25) is 0 Å². The number of piperidine rings is 1. The first-order chi connectivity index (χ1) is 7.29. The molecule has 0 aromatic carbocycles. The maximum absolute atomic E-state index is 11.8. The highest BCUT2D eigenvalue weighted by Gasteiger charge is 2.27. The molecule has 0 aliphatic carbocycles. The van der Waals surface area contributed by atoms with Crippen LogP contribution in [0.5, 0.6) is 0 Å². The lowest BCUT2D eigenvalue weighted by atomic mass is 9.97. The molecule has 1 aliphatic heterocycles. The number of ether oxygens (including phenoxy) is 1. The quantitative estimate of drug-likeness (QED) is 0.769. The number of rotatable bonds is 2. The van der Waals surface area contributed by atoms with E-state index in [-0.39, 0.29) is 30.1 Å². The first kappa shape index (κ1) is 13.5. The molecular formula is C12H23NO3. The highest BCUT2D eigenvalue weighted by molar-refractivity contribution is 5.77. The Morgan fingerprint density at radius 3 is 2.62 bits per heavy atom. The highest BCUT2D eigenvalue weighted by Crippen LogP contribution is 2.17. The predicted octanol–water partition coefficient (Wildman–Crippen LogP) is 1.03. The minimum Gasteiger partial charge on any atom is -0.393 e. The normalized spacial score (nSPS) is 26.9. The predicted molar refractivity (Wildman–Crippen MR) is 62.1 cm³/mol. The molecular weight excluding hydrogens is 206 g/mol. The fourth-order valence-corrected chi connectivity index (χ4v) is 1.73. The number of amides is 1. The van der Waals surface area contributed by atoms with Crippen LogP contribution in [0.25, 0.3) is 0 Å². The fraction of sp³-hybridized carbons (Fsp3) is 0.917. The zero-order valence-corrected chi connectivity index (χ0v) is 10.7. The van der Waals surface area contributed by atoms with Crippen LogP contribution in [-0.4, -0.2) is 47.3 Å². The molecule has 2 atom stereocenters. The number of hydrogen-bond acceptors (Lipinski definition) is 3. The smallest absolute Gasteiger partial charge is 0.248 e. The first-order valence-corrected chi connectivity index (χ1v) is 5.89. The van der Waals surface area contributed by atoms with Gasteiger partial charge in [0.15, 0.2) is 0 Å². The minimum absolute atomic E-state index is 0.0219. The van der Waals surface area contributed by atoms with E-state index in [1.807, 2.05) is 27.7 Å². The molecule has 0 saturated carbocycles. The maximum Gasteiger partial charge on any atom is 0.248 e. The summed E-state index contributed by atoms with van der Waals surface area (Å²) < 4.78 is 5.45. The molecule has 1 amide bonds. The van der Waals surface area contributed by atoms with E-state index in [9.17, 15) is 9.90 Å². The zero-order chi connectivity index (χ0) is 12.3. The molecule has 4 heteroatoms. The van der Waals surface area contributed by atoms with Gasteiger partial charge in [0.25, 0.3) is 0 Å². The van der Waals surface area contributed by atoms with Crippen LogP contribution in [-0.2, 0) is 9.53 Å². The molecule has 0 aromatic heterocycles. The van der Waals surface area contributed by atoms with Gasteiger partial charge in [-0.3, -0.25) is 4.79 Å². The number of hydrogen-bond donors (Lipinski definition) is 1. The summed E-state index contributed by atoms with van der Waals surface area (Å²) in [6.45, 7) is 9.17. The molecule has 1 aliphatic rings. The molecule has 1 rings (SSSR count). The van der Waals surface area contributed by atoms with E-state index in [1.165, 1.54) is 0 Å². The second-order valence-electron chi connectivity index (χ2n) is 5.57. The summed E-state index contributed by atoms with van der Waals surface area (Å²) in [4.78, 5) is 13.6. The Kier molecular flexibility index (Phi) is 4.33. The largest absolute Gasteiger partial charge is 0.393 e. The van der Waals surface area contributed by atoms with Gasteiger partial charge < -0.3 is 14.7 Å². The molecule has 1 fully saturated rings. The molecule has 1 saturated heterocycles. The molecule has 2 unspecified atom stereocenters. The lowest BCUT2D eigenvalue weighted by molar-refractivity contribution is -0.144. The topological polar surface area (TPSA) is 49.8 Å². The van der Waals surface area contributed by atoms with Gasteiger partial charge in [-0.15, -0.1) is 0 Å². The Balaban J connectivity index is 2.38. The van der Waals surface area contributed by atoms with Crippen molar-refractivity contribution in [2.45, 2.75) is 45.8 Å². The first-order valence-electron chi connectivity index (χ1n) is 5.89. The summed E-state index contributed by atoms with van der Waals surface area (Å²) in [5, 5.41) is 9.57. The van der Waals surface area contributed by atoms with Gasteiger partial charge in [-0.1, -0.05) is 6.92 Å². The molecule has 94 valence electrons. The van der Waals surface area contributed by atoms with Gasteiger partial charge in [-0.2, -0.15) is 0 Å². The summed E-state index contributed by atoms with van der Waals surface area (Å²) in [6.07, 6.45) is 0.398. The molecule has 4 nitrogen and oxygen atoms in total. The van der Waals surface area contributed by atoms with Gasteiger partial charge in [-0.05, 0) is 33.1 Å². The van der Waals surface area contributed by atoms with E-state index < -0.39 is 0 Å². The number of nitrogens with zero attached hydrogens (tertiary/aromatic N) is 1. The fourth-order valence-electron chi connectivity index (χ4n) is 1.73. The second-order valence-corrected chi connectivity index (χ2v) is 5.57. The van der Waals surface area contributed by atoms with Crippen molar-refractivity contribution in [1.29, 1.82) is 0 Å². The molecule has 1 N–H and O–H groups in total. The average molecular weight is 229 g/mol. The van der Waals surface area contributed by atoms with Crippen molar-refractivity contribution >= 4 is 5.91 Å². The van der Waals surface area contributed by atoms with Gasteiger partial charge in [0, 0.05) is 13.1 Å². The molecule has 0 bridgehead atoms. The molecule has 0 aromatic rings. The monoisotopic (exact) mass is 229 g/mol. The summed E-state index contributed by atoms with van der Waals surface area (Å²) in [6, 6.07) is 0. The number of carbonyl (C=O) groups excluding carboxylic acids is 1. The van der Waals surface area contributed by atoms with Gasteiger partial charge in [0.1, 0.15) is 6.61 Å². The van der Waals surface area contributed by atoms with Crippen LogP contribution < -0.4 is 0 Å². The summed E-state index contributed by atoms with van der Waals surface area (Å²) >= 11 is 0. The summed E-state index contributed by atoms with van der Waals surface area (Å²) in [5.41, 5.74) is -0.281. The number of aliphatic hydroxyl groups is 1. The van der Waals surface area contributed by atoms with E-state index in [2.05, 4.69) is 0 Å². The lowest BCUT2D eigenvalue weighted by Crippen LogP contribution is -2.46. The number of aliphatic hydroxyl groups excluding tert-OH is 1. The number of likely N-dealkylation sites (tertiary alicyclic amines) is 1. The Bertz CT molecular complexity index is 247. The second kappa shape index (κ2) is 5.15. The Labute approximate surface area is 97.6 Å². The Hall–Kier alpha value is -0.610. The van der Waals surface area contributed by atoms with Crippen molar-refractivity contribution in [2.24, 2.45) is 5.92 Å². The third-order valence-electron chi connectivity index (χ3n) is 2.84. The van der Waals surface area contributed by atoms with Crippen molar-refractivity contribution in [2.75, 3.05) is 19.7 Å². The third kappa shape index (κ3) is 4.10. The average Bonchev–Trinajstić information content (AvgIpc) is 2.17. The molecule has 1 heterocycles. The Morgan fingerprint density at radius 2 is 2.12 bits per heavy atom. The van der Waals surface area contributed by atoms with Crippen LogP contribution in [0, 0.1) is 5.92 Å². The van der Waals surface area contributed by atoms with E-state index in [4.69, 9.17) is 4.74 Å². The van der Waals surface area contributed by atoms with Crippen molar-refractivity contribution in [3.63, 3.8) is 0 Å². The molecule has 0 spiro atoms. The van der Waals surface area contributed by atoms with E-state index in [0.29, 0.717) is 19.5 Å². The Morgan fingerprint density at radius 1 is 1.50 bits per heavy atom. The minimum atomic E-state index is -0.281. The van der Waals surface area contributed by atoms with Gasteiger partial charge in [0.05, 0.1) is 11.7 Å². The van der Waals surface area contributed by atoms with Gasteiger partial charge in [-0.25, -0.2) is 0 Å². The van der Waals surface area contributed by atoms with E-state index >= 15 is 0 Å². The summed E-state index contributed by atoms with van der Waals surface area (Å²) in [7, 11) is 0. The lowest BCUT2D eigenvalue weighted by Gasteiger charge is -2.34. The standard InChI is InChI=1S/C12H23NO3/c1-9-7-13(6-5-10(9)14)11(15)8-16-12(2,3)4/h9-10,14H,5-8H2,1-4H3. The van der Waals surface area contributed by atoms with Crippen molar-refractivity contribution in [3.05, 3.63) is 0 Å². The van der Waals surface area contributed by atoms with Crippen LogP contribution in [0.1, 0.15) is 34.1 Å². The number of carbonyl (C=O) groups is 1. The SMILES string of the molecule is CC1CN(C(=O)COC(C)(C)C)CCC1O. The van der Waals surface area contributed by atoms with Crippen molar-refractivity contribution < 1.29 is 14.6 Å². The third-order valence-corrected chi connectivity index (χ3v) is 2.84. The maximum atomic E-state index is 11.8. The van der Waals surface area contributed by atoms with E-state index in [1.54, 1.807) is 4.90 Å². The van der Waals surface area contributed by atoms with Crippen molar-refractivity contribution in [3.8, 4) is 0 Å². The zero-order valence-electron chi connectivity index (χ0n) is 10.7. The van der Waals surface area contributed by atoms with Gasteiger partial charge >= 0.3 is 0 Å². The van der Waals surface area contributed by atoms with Crippen molar-refractivity contribution in [1.82, 2.24) is 4.90 Å². The highest BCUT2D eigenvalue weighted by atomic mass is 16.5. The van der Waals surface area contributed by atoms with Crippen LogP contribution >= 0.6 is 0 Å². The van der Waals surface area contributed by atoms with E-state index in [0.717, 1.165) is 0 Å².